The number of benzene rings is 1. The highest BCUT2D eigenvalue weighted by atomic mass is 79.9. The van der Waals surface area contributed by atoms with E-state index in [1.165, 1.54) is 12.8 Å². The van der Waals surface area contributed by atoms with E-state index in [4.69, 9.17) is 0 Å². The standard InChI is InChI=1S/C14H21BrFN/c1-4-10(5-2)8-14(17-3)11-6-7-12(15)13(16)9-11/h6-7,9-10,14,17H,4-5,8H2,1-3H3. The molecule has 0 saturated heterocycles. The first-order valence-electron chi connectivity index (χ1n) is 6.24. The smallest absolute Gasteiger partial charge is 0.137 e. The van der Waals surface area contributed by atoms with Crippen molar-refractivity contribution in [2.75, 3.05) is 7.05 Å². The van der Waals surface area contributed by atoms with Gasteiger partial charge in [-0.25, -0.2) is 4.39 Å². The Morgan fingerprint density at radius 3 is 2.41 bits per heavy atom. The van der Waals surface area contributed by atoms with Gasteiger partial charge in [-0.1, -0.05) is 32.8 Å². The van der Waals surface area contributed by atoms with Gasteiger partial charge in [0.05, 0.1) is 4.47 Å². The molecule has 1 aromatic rings. The van der Waals surface area contributed by atoms with Crippen molar-refractivity contribution in [2.45, 2.75) is 39.2 Å². The van der Waals surface area contributed by atoms with Crippen LogP contribution in [0.2, 0.25) is 0 Å². The molecule has 1 atom stereocenters. The highest BCUT2D eigenvalue weighted by molar-refractivity contribution is 9.10. The summed E-state index contributed by atoms with van der Waals surface area (Å²) < 4.78 is 14.0. The lowest BCUT2D eigenvalue weighted by Gasteiger charge is -2.22. The predicted molar refractivity (Wildman–Crippen MR) is 74.6 cm³/mol. The Morgan fingerprint density at radius 1 is 1.29 bits per heavy atom. The van der Waals surface area contributed by atoms with Gasteiger partial charge in [0.2, 0.25) is 0 Å². The zero-order valence-electron chi connectivity index (χ0n) is 10.8. The van der Waals surface area contributed by atoms with E-state index in [1.54, 1.807) is 12.1 Å². The Balaban J connectivity index is 2.82. The minimum absolute atomic E-state index is 0.188. The van der Waals surface area contributed by atoms with Gasteiger partial charge in [0.1, 0.15) is 5.82 Å². The van der Waals surface area contributed by atoms with Crippen molar-refractivity contribution in [2.24, 2.45) is 5.92 Å². The van der Waals surface area contributed by atoms with Crippen molar-refractivity contribution in [3.63, 3.8) is 0 Å². The first kappa shape index (κ1) is 14.7. The lowest BCUT2D eigenvalue weighted by atomic mass is 9.91. The Kier molecular flexibility index (Phi) is 6.14. The van der Waals surface area contributed by atoms with E-state index < -0.39 is 0 Å². The molecule has 0 fully saturated rings. The minimum Gasteiger partial charge on any atom is -0.313 e. The van der Waals surface area contributed by atoms with E-state index in [0.29, 0.717) is 10.4 Å². The maximum Gasteiger partial charge on any atom is 0.137 e. The summed E-state index contributed by atoms with van der Waals surface area (Å²) in [7, 11) is 1.94. The van der Waals surface area contributed by atoms with Gasteiger partial charge in [0.25, 0.3) is 0 Å². The van der Waals surface area contributed by atoms with Crippen molar-refractivity contribution < 1.29 is 4.39 Å². The second-order valence-electron chi connectivity index (χ2n) is 4.43. The molecule has 0 bridgehead atoms. The summed E-state index contributed by atoms with van der Waals surface area (Å²) in [6.07, 6.45) is 3.41. The van der Waals surface area contributed by atoms with Crippen molar-refractivity contribution in [3.8, 4) is 0 Å². The van der Waals surface area contributed by atoms with Crippen molar-refractivity contribution >= 4 is 15.9 Å². The molecule has 17 heavy (non-hydrogen) atoms. The summed E-state index contributed by atoms with van der Waals surface area (Å²) in [6.45, 7) is 4.42. The fraction of sp³-hybridized carbons (Fsp3) is 0.571. The summed E-state index contributed by atoms with van der Waals surface area (Å²) in [5.74, 6) is 0.506. The third-order valence-electron chi connectivity index (χ3n) is 3.42. The Hall–Kier alpha value is -0.410. The van der Waals surface area contributed by atoms with Crippen LogP contribution in [0.3, 0.4) is 0 Å². The summed E-state index contributed by atoms with van der Waals surface area (Å²) in [5, 5.41) is 3.28. The van der Waals surface area contributed by atoms with Crippen molar-refractivity contribution in [1.29, 1.82) is 0 Å². The summed E-state index contributed by atoms with van der Waals surface area (Å²) in [6, 6.07) is 5.62. The van der Waals surface area contributed by atoms with Gasteiger partial charge in [-0.15, -0.1) is 0 Å². The molecule has 1 nitrogen and oxygen atoms in total. The number of hydrogen-bond donors (Lipinski definition) is 1. The molecule has 0 amide bonds. The van der Waals surface area contributed by atoms with Crippen LogP contribution in [0, 0.1) is 11.7 Å². The zero-order valence-corrected chi connectivity index (χ0v) is 12.3. The van der Waals surface area contributed by atoms with E-state index in [2.05, 4.69) is 35.1 Å². The van der Waals surface area contributed by atoms with E-state index in [-0.39, 0.29) is 11.9 Å². The molecule has 1 N–H and O–H groups in total. The molecule has 0 aliphatic carbocycles. The van der Waals surface area contributed by atoms with Crippen LogP contribution in [-0.4, -0.2) is 7.05 Å². The fourth-order valence-corrected chi connectivity index (χ4v) is 2.35. The molecule has 0 heterocycles. The van der Waals surface area contributed by atoms with Gasteiger partial charge in [0.15, 0.2) is 0 Å². The van der Waals surface area contributed by atoms with Gasteiger partial charge in [-0.05, 0) is 53.0 Å². The molecule has 0 spiro atoms. The number of halogens is 2. The lowest BCUT2D eigenvalue weighted by Crippen LogP contribution is -2.19. The van der Waals surface area contributed by atoms with Crippen molar-refractivity contribution in [1.82, 2.24) is 5.32 Å². The molecule has 0 saturated carbocycles. The van der Waals surface area contributed by atoms with Gasteiger partial charge in [-0.2, -0.15) is 0 Å². The zero-order chi connectivity index (χ0) is 12.8. The molecule has 0 aliphatic heterocycles. The van der Waals surface area contributed by atoms with E-state index >= 15 is 0 Å². The number of rotatable bonds is 6. The molecule has 1 unspecified atom stereocenters. The Bertz CT molecular complexity index is 350. The van der Waals surface area contributed by atoms with Crippen molar-refractivity contribution in [3.05, 3.63) is 34.1 Å². The lowest BCUT2D eigenvalue weighted by molar-refractivity contribution is 0.384. The molecule has 3 heteroatoms. The third-order valence-corrected chi connectivity index (χ3v) is 4.06. The van der Waals surface area contributed by atoms with Crippen LogP contribution in [0.15, 0.2) is 22.7 Å². The number of hydrogen-bond acceptors (Lipinski definition) is 1. The highest BCUT2D eigenvalue weighted by Crippen LogP contribution is 2.27. The molecule has 96 valence electrons. The minimum atomic E-state index is -0.188. The molecule has 0 aliphatic rings. The first-order valence-corrected chi connectivity index (χ1v) is 7.03. The van der Waals surface area contributed by atoms with Gasteiger partial charge in [0, 0.05) is 6.04 Å². The third kappa shape index (κ3) is 4.07. The normalized spacial score (nSPS) is 13.1. The maximum atomic E-state index is 13.5. The first-order chi connectivity index (χ1) is 8.12. The van der Waals surface area contributed by atoms with Crippen LogP contribution in [0.25, 0.3) is 0 Å². The predicted octanol–water partition coefficient (Wildman–Crippen LogP) is 4.68. The quantitative estimate of drug-likeness (QED) is 0.805. The van der Waals surface area contributed by atoms with Crippen LogP contribution < -0.4 is 5.32 Å². The fourth-order valence-electron chi connectivity index (χ4n) is 2.11. The topological polar surface area (TPSA) is 12.0 Å². The van der Waals surface area contributed by atoms with Crippen LogP contribution in [0.5, 0.6) is 0 Å². The highest BCUT2D eigenvalue weighted by Gasteiger charge is 2.15. The summed E-state index contributed by atoms with van der Waals surface area (Å²) in [5.41, 5.74) is 1.03. The Labute approximate surface area is 112 Å². The molecule has 1 rings (SSSR count). The van der Waals surface area contributed by atoms with Crippen LogP contribution in [0.4, 0.5) is 4.39 Å². The maximum absolute atomic E-state index is 13.5. The van der Waals surface area contributed by atoms with Crippen LogP contribution in [0.1, 0.15) is 44.7 Å². The second kappa shape index (κ2) is 7.12. The van der Waals surface area contributed by atoms with Gasteiger partial charge in [-0.3, -0.25) is 0 Å². The van der Waals surface area contributed by atoms with Crippen LogP contribution in [-0.2, 0) is 0 Å². The summed E-state index contributed by atoms with van der Waals surface area (Å²) >= 11 is 3.18. The Morgan fingerprint density at radius 2 is 1.94 bits per heavy atom. The van der Waals surface area contributed by atoms with Gasteiger partial charge >= 0.3 is 0 Å². The average Bonchev–Trinajstić information content (AvgIpc) is 2.35. The molecular formula is C14H21BrFN. The van der Waals surface area contributed by atoms with E-state index in [0.717, 1.165) is 12.0 Å². The molecule has 0 radical (unpaired) electrons. The monoisotopic (exact) mass is 301 g/mol. The largest absolute Gasteiger partial charge is 0.313 e. The SMILES string of the molecule is CCC(CC)CC(NC)c1ccc(Br)c(F)c1. The molecule has 1 aromatic carbocycles. The van der Waals surface area contributed by atoms with Gasteiger partial charge < -0.3 is 5.32 Å². The second-order valence-corrected chi connectivity index (χ2v) is 5.29. The summed E-state index contributed by atoms with van der Waals surface area (Å²) in [4.78, 5) is 0. The van der Waals surface area contributed by atoms with E-state index in [9.17, 15) is 4.39 Å². The molecular weight excluding hydrogens is 281 g/mol. The van der Waals surface area contributed by atoms with E-state index in [1.807, 2.05) is 13.1 Å². The average molecular weight is 302 g/mol. The number of nitrogens with one attached hydrogen (secondary N) is 1. The molecule has 0 aromatic heterocycles. The van der Waals surface area contributed by atoms with Crippen LogP contribution >= 0.6 is 15.9 Å².